The second-order valence-corrected chi connectivity index (χ2v) is 3.74. The third-order valence-electron chi connectivity index (χ3n) is 2.64. The van der Waals surface area contributed by atoms with Gasteiger partial charge in [-0.1, -0.05) is 18.2 Å². The summed E-state index contributed by atoms with van der Waals surface area (Å²) in [6, 6.07) is 9.26. The first-order valence-corrected chi connectivity index (χ1v) is 5.13. The van der Waals surface area contributed by atoms with Gasteiger partial charge in [-0.15, -0.1) is 0 Å². The molecule has 0 saturated heterocycles. The molecule has 2 aromatic rings. The maximum absolute atomic E-state index is 11.2. The van der Waals surface area contributed by atoms with E-state index in [0.29, 0.717) is 5.82 Å². The molecule has 0 amide bonds. The molecule has 1 N–H and O–H groups in total. The number of nitrogens with zero attached hydrogens (tertiary/aromatic N) is 1. The third kappa shape index (κ3) is 1.48. The van der Waals surface area contributed by atoms with Gasteiger partial charge in [-0.3, -0.25) is 4.79 Å². The van der Waals surface area contributed by atoms with Crippen molar-refractivity contribution in [1.82, 2.24) is 9.97 Å². The number of fused-ring (bicyclic) bond motifs is 1. The van der Waals surface area contributed by atoms with Gasteiger partial charge in [0.15, 0.2) is 6.10 Å². The Bertz CT molecular complexity index is 552. The lowest BCUT2D eigenvalue weighted by atomic mass is 10.1. The van der Waals surface area contributed by atoms with E-state index < -0.39 is 0 Å². The maximum Gasteiger partial charge on any atom is 0.250 e. The van der Waals surface area contributed by atoms with Crippen LogP contribution in [0.15, 0.2) is 41.3 Å². The van der Waals surface area contributed by atoms with Crippen LogP contribution in [0.1, 0.15) is 17.5 Å². The van der Waals surface area contributed by atoms with Crippen LogP contribution in [-0.2, 0) is 6.42 Å². The van der Waals surface area contributed by atoms with Gasteiger partial charge in [0, 0.05) is 18.7 Å². The van der Waals surface area contributed by atoms with E-state index in [1.165, 1.54) is 12.3 Å². The highest BCUT2D eigenvalue weighted by atomic mass is 16.5. The molecule has 0 radical (unpaired) electrons. The predicted molar refractivity (Wildman–Crippen MR) is 58.4 cm³/mol. The second-order valence-electron chi connectivity index (χ2n) is 3.74. The van der Waals surface area contributed by atoms with E-state index in [1.54, 1.807) is 0 Å². The van der Waals surface area contributed by atoms with Crippen LogP contribution < -0.4 is 10.3 Å². The molecule has 4 heteroatoms. The van der Waals surface area contributed by atoms with Crippen LogP contribution in [0.25, 0.3) is 0 Å². The first kappa shape index (κ1) is 9.15. The van der Waals surface area contributed by atoms with Crippen molar-refractivity contribution in [2.24, 2.45) is 0 Å². The number of para-hydroxylation sites is 1. The van der Waals surface area contributed by atoms with E-state index >= 15 is 0 Å². The Kier molecular flexibility index (Phi) is 1.99. The van der Waals surface area contributed by atoms with Crippen LogP contribution >= 0.6 is 0 Å². The van der Waals surface area contributed by atoms with Gasteiger partial charge in [-0.05, 0) is 11.6 Å². The van der Waals surface area contributed by atoms with Gasteiger partial charge >= 0.3 is 0 Å². The Morgan fingerprint density at radius 3 is 3.00 bits per heavy atom. The number of hydrogen-bond acceptors (Lipinski definition) is 3. The summed E-state index contributed by atoms with van der Waals surface area (Å²) in [4.78, 5) is 18.0. The van der Waals surface area contributed by atoms with Crippen LogP contribution in [0.4, 0.5) is 0 Å². The van der Waals surface area contributed by atoms with Gasteiger partial charge < -0.3 is 9.72 Å². The van der Waals surface area contributed by atoms with Crippen LogP contribution in [-0.4, -0.2) is 9.97 Å². The molecule has 0 spiro atoms. The molecule has 80 valence electrons. The Hall–Kier alpha value is -2.10. The predicted octanol–water partition coefficient (Wildman–Crippen LogP) is 1.45. The number of ether oxygens (including phenoxy) is 1. The van der Waals surface area contributed by atoms with Crippen molar-refractivity contribution in [1.29, 1.82) is 0 Å². The average Bonchev–Trinajstić information content (AvgIpc) is 2.72. The van der Waals surface area contributed by atoms with Crippen molar-refractivity contribution in [3.05, 3.63) is 58.3 Å². The van der Waals surface area contributed by atoms with Gasteiger partial charge in [0.25, 0.3) is 5.56 Å². The molecule has 0 aliphatic carbocycles. The zero-order valence-electron chi connectivity index (χ0n) is 8.51. The number of benzene rings is 1. The smallest absolute Gasteiger partial charge is 0.250 e. The monoisotopic (exact) mass is 214 g/mol. The Morgan fingerprint density at radius 1 is 1.31 bits per heavy atom. The lowest BCUT2D eigenvalue weighted by Crippen LogP contribution is -2.15. The lowest BCUT2D eigenvalue weighted by Gasteiger charge is -2.08. The van der Waals surface area contributed by atoms with Gasteiger partial charge in [0.2, 0.25) is 0 Å². The summed E-state index contributed by atoms with van der Waals surface area (Å²) in [5.41, 5.74) is 1.00. The Labute approximate surface area is 91.9 Å². The summed E-state index contributed by atoms with van der Waals surface area (Å²) >= 11 is 0. The highest BCUT2D eigenvalue weighted by molar-refractivity contribution is 5.37. The van der Waals surface area contributed by atoms with E-state index in [1.807, 2.05) is 24.3 Å². The largest absolute Gasteiger partial charge is 0.482 e. The van der Waals surface area contributed by atoms with Gasteiger partial charge in [0.1, 0.15) is 11.6 Å². The minimum absolute atomic E-state index is 0.149. The molecule has 0 bridgehead atoms. The van der Waals surface area contributed by atoms with Crippen LogP contribution in [0.5, 0.6) is 5.75 Å². The standard InChI is InChI=1S/C12H10N2O2/c15-11-5-6-13-12(14-11)10-7-8-3-1-2-4-9(8)16-10/h1-6,10H,7H2,(H,13,14,15). The van der Waals surface area contributed by atoms with Crippen molar-refractivity contribution >= 4 is 0 Å². The quantitative estimate of drug-likeness (QED) is 0.781. The van der Waals surface area contributed by atoms with E-state index in [4.69, 9.17) is 4.74 Å². The molecule has 1 aliphatic rings. The van der Waals surface area contributed by atoms with Crippen molar-refractivity contribution in [3.63, 3.8) is 0 Å². The first-order valence-electron chi connectivity index (χ1n) is 5.13. The summed E-state index contributed by atoms with van der Waals surface area (Å²) < 4.78 is 5.72. The highest BCUT2D eigenvalue weighted by Crippen LogP contribution is 2.34. The third-order valence-corrected chi connectivity index (χ3v) is 2.64. The van der Waals surface area contributed by atoms with Crippen molar-refractivity contribution in [3.8, 4) is 5.75 Å². The second kappa shape index (κ2) is 3.48. The average molecular weight is 214 g/mol. The minimum atomic E-state index is -0.175. The summed E-state index contributed by atoms with van der Waals surface area (Å²) in [5.74, 6) is 1.46. The minimum Gasteiger partial charge on any atom is -0.482 e. The number of aromatic nitrogens is 2. The molecule has 16 heavy (non-hydrogen) atoms. The molecule has 1 aromatic carbocycles. The maximum atomic E-state index is 11.2. The fourth-order valence-corrected chi connectivity index (χ4v) is 1.88. The topological polar surface area (TPSA) is 55.0 Å². The van der Waals surface area contributed by atoms with Crippen LogP contribution in [0.2, 0.25) is 0 Å². The zero-order chi connectivity index (χ0) is 11.0. The highest BCUT2D eigenvalue weighted by Gasteiger charge is 2.25. The van der Waals surface area contributed by atoms with E-state index in [-0.39, 0.29) is 11.7 Å². The summed E-state index contributed by atoms with van der Waals surface area (Å²) in [6.45, 7) is 0. The number of nitrogens with one attached hydrogen (secondary N) is 1. The number of aromatic amines is 1. The summed E-state index contributed by atoms with van der Waals surface area (Å²) in [6.07, 6.45) is 2.08. The zero-order valence-corrected chi connectivity index (χ0v) is 8.51. The number of H-pyrrole nitrogens is 1. The van der Waals surface area contributed by atoms with Gasteiger partial charge in [0.05, 0.1) is 0 Å². The molecular weight excluding hydrogens is 204 g/mol. The Balaban J connectivity index is 1.94. The van der Waals surface area contributed by atoms with E-state index in [0.717, 1.165) is 17.7 Å². The molecule has 1 atom stereocenters. The summed E-state index contributed by atoms with van der Waals surface area (Å²) in [7, 11) is 0. The van der Waals surface area contributed by atoms with Gasteiger partial charge in [-0.2, -0.15) is 0 Å². The molecule has 1 aromatic heterocycles. The molecule has 2 heterocycles. The fourth-order valence-electron chi connectivity index (χ4n) is 1.88. The molecule has 3 rings (SSSR count). The SMILES string of the molecule is O=c1ccnc(C2Cc3ccccc3O2)[nH]1. The molecule has 1 aliphatic heterocycles. The number of rotatable bonds is 1. The fraction of sp³-hybridized carbons (Fsp3) is 0.167. The van der Waals surface area contributed by atoms with Crippen molar-refractivity contribution in [2.75, 3.05) is 0 Å². The molecule has 1 unspecified atom stereocenters. The molecule has 0 fully saturated rings. The lowest BCUT2D eigenvalue weighted by molar-refractivity contribution is 0.227. The van der Waals surface area contributed by atoms with Crippen molar-refractivity contribution in [2.45, 2.75) is 12.5 Å². The number of hydrogen-bond donors (Lipinski definition) is 1. The molecule has 4 nitrogen and oxygen atoms in total. The molecular formula is C12H10N2O2. The normalized spacial score (nSPS) is 17.9. The van der Waals surface area contributed by atoms with Crippen LogP contribution in [0, 0.1) is 0 Å². The van der Waals surface area contributed by atoms with Gasteiger partial charge in [-0.25, -0.2) is 4.98 Å². The first-order chi connectivity index (χ1) is 7.83. The molecule has 0 saturated carbocycles. The Morgan fingerprint density at radius 2 is 2.19 bits per heavy atom. The van der Waals surface area contributed by atoms with Crippen LogP contribution in [0.3, 0.4) is 0 Å². The van der Waals surface area contributed by atoms with E-state index in [9.17, 15) is 4.79 Å². The van der Waals surface area contributed by atoms with Crippen molar-refractivity contribution < 1.29 is 4.74 Å². The summed E-state index contributed by atoms with van der Waals surface area (Å²) in [5, 5.41) is 0. The van der Waals surface area contributed by atoms with E-state index in [2.05, 4.69) is 9.97 Å².